The Morgan fingerprint density at radius 1 is 1.14 bits per heavy atom. The van der Waals surface area contributed by atoms with E-state index in [0.717, 1.165) is 11.3 Å². The predicted molar refractivity (Wildman–Crippen MR) is 88.5 cm³/mol. The molecule has 0 bridgehead atoms. The fraction of sp³-hybridized carbons (Fsp3) is 0.176. The molecule has 3 rings (SSSR count). The molecule has 4 heteroatoms. The molecular weight excluding hydrogens is 280 g/mol. The quantitative estimate of drug-likeness (QED) is 0.770. The fourth-order valence-corrected chi connectivity index (χ4v) is 2.87. The number of amides is 1. The second-order valence-corrected chi connectivity index (χ2v) is 6.07. The van der Waals surface area contributed by atoms with Gasteiger partial charge < -0.3 is 5.32 Å². The van der Waals surface area contributed by atoms with Crippen molar-refractivity contribution in [3.63, 3.8) is 0 Å². The average Bonchev–Trinajstić information content (AvgIpc) is 2.95. The molecule has 3 nitrogen and oxygen atoms in total. The summed E-state index contributed by atoms with van der Waals surface area (Å²) in [5.74, 6) is -0.0521. The lowest BCUT2D eigenvalue weighted by Gasteiger charge is -2.04. The van der Waals surface area contributed by atoms with E-state index in [1.54, 1.807) is 0 Å². The monoisotopic (exact) mass is 296 g/mol. The summed E-state index contributed by atoms with van der Waals surface area (Å²) < 4.78 is 0. The highest BCUT2D eigenvalue weighted by atomic mass is 32.1. The van der Waals surface area contributed by atoms with Gasteiger partial charge in [0.05, 0.1) is 5.69 Å². The Kier molecular flexibility index (Phi) is 3.71. The van der Waals surface area contributed by atoms with E-state index in [-0.39, 0.29) is 11.8 Å². The van der Waals surface area contributed by atoms with Crippen molar-refractivity contribution in [2.24, 2.45) is 5.92 Å². The lowest BCUT2D eigenvalue weighted by molar-refractivity contribution is -0.118. The Morgan fingerprint density at radius 3 is 2.71 bits per heavy atom. The lowest BCUT2D eigenvalue weighted by atomic mass is 10.0. The van der Waals surface area contributed by atoms with Crippen molar-refractivity contribution >= 4 is 33.1 Å². The minimum Gasteiger partial charge on any atom is -0.302 e. The van der Waals surface area contributed by atoms with Crippen LogP contribution in [0.15, 0.2) is 47.8 Å². The number of carbonyl (C=O) groups excluding carboxylic acids is 1. The van der Waals surface area contributed by atoms with Crippen LogP contribution in [0.5, 0.6) is 0 Å². The van der Waals surface area contributed by atoms with E-state index in [1.807, 2.05) is 37.4 Å². The zero-order chi connectivity index (χ0) is 14.8. The molecule has 0 spiro atoms. The van der Waals surface area contributed by atoms with E-state index < -0.39 is 0 Å². The first kappa shape index (κ1) is 13.8. The number of aromatic nitrogens is 1. The third-order valence-electron chi connectivity index (χ3n) is 3.32. The lowest BCUT2D eigenvalue weighted by Crippen LogP contribution is -2.17. The van der Waals surface area contributed by atoms with Crippen molar-refractivity contribution in [2.45, 2.75) is 13.8 Å². The normalized spacial score (nSPS) is 11.0. The average molecular weight is 296 g/mol. The van der Waals surface area contributed by atoms with Crippen LogP contribution in [0.3, 0.4) is 0 Å². The number of carbonyl (C=O) groups is 1. The molecule has 2 aromatic carbocycles. The summed E-state index contributed by atoms with van der Waals surface area (Å²) >= 11 is 1.46. The van der Waals surface area contributed by atoms with Gasteiger partial charge in [-0.2, -0.15) is 0 Å². The topological polar surface area (TPSA) is 42.0 Å². The highest BCUT2D eigenvalue weighted by molar-refractivity contribution is 7.14. The van der Waals surface area contributed by atoms with Gasteiger partial charge in [0.25, 0.3) is 0 Å². The van der Waals surface area contributed by atoms with Crippen LogP contribution in [0.2, 0.25) is 0 Å². The van der Waals surface area contributed by atoms with Crippen LogP contribution >= 0.6 is 11.3 Å². The molecule has 0 aliphatic carbocycles. The molecule has 106 valence electrons. The third kappa shape index (κ3) is 2.81. The molecule has 1 heterocycles. The van der Waals surface area contributed by atoms with Gasteiger partial charge in [-0.25, -0.2) is 4.98 Å². The number of anilines is 1. The van der Waals surface area contributed by atoms with Crippen LogP contribution in [-0.2, 0) is 4.79 Å². The molecule has 0 saturated heterocycles. The van der Waals surface area contributed by atoms with Gasteiger partial charge in [0.1, 0.15) is 0 Å². The van der Waals surface area contributed by atoms with Crippen molar-refractivity contribution in [2.75, 3.05) is 5.32 Å². The molecule has 1 aromatic heterocycles. The Balaban J connectivity index is 1.97. The van der Waals surface area contributed by atoms with Gasteiger partial charge in [0.2, 0.25) is 5.91 Å². The maximum Gasteiger partial charge on any atom is 0.228 e. The standard InChI is InChI=1S/C17H16N2OS/c1-11(2)16(20)19-17-18-15(10-21-17)14-9-5-7-12-6-3-4-8-13(12)14/h3-11H,1-2H3,(H,18,19,20). The van der Waals surface area contributed by atoms with Gasteiger partial charge in [-0.3, -0.25) is 4.79 Å². The molecule has 0 fully saturated rings. The molecule has 0 unspecified atom stereocenters. The molecule has 1 amide bonds. The Labute approximate surface area is 127 Å². The highest BCUT2D eigenvalue weighted by Crippen LogP contribution is 2.31. The van der Waals surface area contributed by atoms with Gasteiger partial charge in [-0.1, -0.05) is 56.3 Å². The molecule has 0 aliphatic rings. The van der Waals surface area contributed by atoms with Gasteiger partial charge in [0.15, 0.2) is 5.13 Å². The summed E-state index contributed by atoms with van der Waals surface area (Å²) in [5.41, 5.74) is 1.99. The number of nitrogens with one attached hydrogen (secondary N) is 1. The first-order valence-electron chi connectivity index (χ1n) is 6.89. The van der Waals surface area contributed by atoms with Crippen LogP contribution in [0.25, 0.3) is 22.0 Å². The summed E-state index contributed by atoms with van der Waals surface area (Å²) in [4.78, 5) is 16.3. The maximum absolute atomic E-state index is 11.7. The molecule has 3 aromatic rings. The summed E-state index contributed by atoms with van der Waals surface area (Å²) in [7, 11) is 0. The first-order chi connectivity index (χ1) is 10.1. The largest absolute Gasteiger partial charge is 0.302 e. The zero-order valence-electron chi connectivity index (χ0n) is 12.0. The summed E-state index contributed by atoms with van der Waals surface area (Å²) in [6.07, 6.45) is 0. The number of thiazole rings is 1. The van der Waals surface area contributed by atoms with Crippen molar-refractivity contribution in [3.05, 3.63) is 47.8 Å². The van der Waals surface area contributed by atoms with Gasteiger partial charge in [0, 0.05) is 16.9 Å². The molecule has 0 atom stereocenters. The maximum atomic E-state index is 11.7. The summed E-state index contributed by atoms with van der Waals surface area (Å²) in [6, 6.07) is 14.4. The van der Waals surface area contributed by atoms with Crippen molar-refractivity contribution in [1.82, 2.24) is 4.98 Å². The minimum atomic E-state index is -0.0464. The van der Waals surface area contributed by atoms with E-state index in [9.17, 15) is 4.79 Å². The Hall–Kier alpha value is -2.20. The van der Waals surface area contributed by atoms with Crippen LogP contribution < -0.4 is 5.32 Å². The zero-order valence-corrected chi connectivity index (χ0v) is 12.8. The van der Waals surface area contributed by atoms with Crippen molar-refractivity contribution in [3.8, 4) is 11.3 Å². The number of benzene rings is 2. The molecule has 0 radical (unpaired) electrons. The molecule has 0 aliphatic heterocycles. The molecule has 0 saturated carbocycles. The van der Waals surface area contributed by atoms with E-state index in [0.29, 0.717) is 5.13 Å². The van der Waals surface area contributed by atoms with E-state index >= 15 is 0 Å². The second-order valence-electron chi connectivity index (χ2n) is 5.21. The van der Waals surface area contributed by atoms with E-state index in [1.165, 1.54) is 22.1 Å². The smallest absolute Gasteiger partial charge is 0.228 e. The van der Waals surface area contributed by atoms with Crippen LogP contribution in [0.1, 0.15) is 13.8 Å². The molecular formula is C17H16N2OS. The van der Waals surface area contributed by atoms with Gasteiger partial charge in [-0.15, -0.1) is 11.3 Å². The fourth-order valence-electron chi connectivity index (χ4n) is 2.15. The van der Waals surface area contributed by atoms with Crippen LogP contribution in [-0.4, -0.2) is 10.9 Å². The number of hydrogen-bond donors (Lipinski definition) is 1. The molecule has 21 heavy (non-hydrogen) atoms. The molecule has 1 N–H and O–H groups in total. The number of hydrogen-bond acceptors (Lipinski definition) is 3. The van der Waals surface area contributed by atoms with Gasteiger partial charge >= 0.3 is 0 Å². The predicted octanol–water partition coefficient (Wildman–Crippen LogP) is 4.56. The number of nitrogens with zero attached hydrogens (tertiary/aromatic N) is 1. The Morgan fingerprint density at radius 2 is 1.90 bits per heavy atom. The van der Waals surface area contributed by atoms with E-state index in [2.05, 4.69) is 34.6 Å². The SMILES string of the molecule is CC(C)C(=O)Nc1nc(-c2cccc3ccccc23)cs1. The van der Waals surface area contributed by atoms with Crippen molar-refractivity contribution < 1.29 is 4.79 Å². The highest BCUT2D eigenvalue weighted by Gasteiger charge is 2.12. The minimum absolute atomic E-state index is 0.00572. The van der Waals surface area contributed by atoms with Gasteiger partial charge in [-0.05, 0) is 10.8 Å². The summed E-state index contributed by atoms with van der Waals surface area (Å²) in [5, 5.41) is 7.85. The van der Waals surface area contributed by atoms with Crippen LogP contribution in [0.4, 0.5) is 5.13 Å². The van der Waals surface area contributed by atoms with Crippen molar-refractivity contribution in [1.29, 1.82) is 0 Å². The second kappa shape index (κ2) is 5.66. The number of fused-ring (bicyclic) bond motifs is 1. The summed E-state index contributed by atoms with van der Waals surface area (Å²) in [6.45, 7) is 3.74. The first-order valence-corrected chi connectivity index (χ1v) is 7.77. The van der Waals surface area contributed by atoms with E-state index in [4.69, 9.17) is 0 Å². The Bertz CT molecular complexity index is 787. The number of rotatable bonds is 3. The van der Waals surface area contributed by atoms with Crippen LogP contribution in [0, 0.1) is 5.92 Å². The third-order valence-corrected chi connectivity index (χ3v) is 4.08.